The highest BCUT2D eigenvalue weighted by atomic mass is 16.4. The fourth-order valence-electron chi connectivity index (χ4n) is 1.41. The molecule has 1 fully saturated rings. The lowest BCUT2D eigenvalue weighted by Gasteiger charge is -2.39. The van der Waals surface area contributed by atoms with Crippen LogP contribution in [0.2, 0.25) is 0 Å². The number of carbonyl (C=O) groups is 2. The van der Waals surface area contributed by atoms with Crippen molar-refractivity contribution in [3.05, 3.63) is 0 Å². The van der Waals surface area contributed by atoms with Gasteiger partial charge in [-0.2, -0.15) is 0 Å². The van der Waals surface area contributed by atoms with Gasteiger partial charge in [-0.25, -0.2) is 0 Å². The monoisotopic (exact) mass is 186 g/mol. The van der Waals surface area contributed by atoms with Gasteiger partial charge in [0.2, 0.25) is 5.91 Å². The van der Waals surface area contributed by atoms with E-state index in [0.29, 0.717) is 13.1 Å². The lowest BCUT2D eigenvalue weighted by molar-refractivity contribution is -0.145. The molecule has 1 saturated heterocycles. The molecule has 0 aromatic heterocycles. The van der Waals surface area contributed by atoms with Gasteiger partial charge in [0.05, 0.1) is 12.5 Å². The van der Waals surface area contributed by atoms with E-state index in [0.717, 1.165) is 0 Å². The van der Waals surface area contributed by atoms with Crippen LogP contribution < -0.4 is 5.73 Å². The quantitative estimate of drug-likeness (QED) is 0.608. The smallest absolute Gasteiger partial charge is 0.303 e. The third kappa shape index (κ3) is 2.42. The van der Waals surface area contributed by atoms with Gasteiger partial charge in [0, 0.05) is 19.0 Å². The van der Waals surface area contributed by atoms with Crippen molar-refractivity contribution >= 4 is 11.9 Å². The minimum atomic E-state index is -0.808. The van der Waals surface area contributed by atoms with Crippen molar-refractivity contribution in [2.75, 3.05) is 13.1 Å². The van der Waals surface area contributed by atoms with Crippen LogP contribution in [0.4, 0.5) is 0 Å². The number of nitrogens with two attached hydrogens (primary N) is 1. The number of nitrogens with zero attached hydrogens (tertiary/aromatic N) is 1. The first kappa shape index (κ1) is 9.98. The van der Waals surface area contributed by atoms with Crippen LogP contribution in [-0.4, -0.2) is 41.0 Å². The van der Waals surface area contributed by atoms with Crippen LogP contribution in [0.15, 0.2) is 0 Å². The number of hydrogen-bond acceptors (Lipinski definition) is 3. The SMILES string of the molecule is C[C@H](N)C(=O)N1CC(CC(=O)O)C1. The Bertz CT molecular complexity index is 221. The second-order valence-electron chi connectivity index (χ2n) is 3.50. The van der Waals surface area contributed by atoms with Gasteiger partial charge < -0.3 is 15.7 Å². The van der Waals surface area contributed by atoms with E-state index in [-0.39, 0.29) is 18.2 Å². The molecule has 5 heteroatoms. The Morgan fingerprint density at radius 2 is 2.15 bits per heavy atom. The van der Waals surface area contributed by atoms with Gasteiger partial charge in [0.1, 0.15) is 0 Å². The molecular weight excluding hydrogens is 172 g/mol. The van der Waals surface area contributed by atoms with Crippen molar-refractivity contribution in [3.63, 3.8) is 0 Å². The summed E-state index contributed by atoms with van der Waals surface area (Å²) >= 11 is 0. The Morgan fingerprint density at radius 1 is 1.62 bits per heavy atom. The molecule has 1 aliphatic rings. The van der Waals surface area contributed by atoms with Crippen LogP contribution in [0.1, 0.15) is 13.3 Å². The number of amides is 1. The van der Waals surface area contributed by atoms with Crippen molar-refractivity contribution in [2.45, 2.75) is 19.4 Å². The number of hydrogen-bond donors (Lipinski definition) is 2. The maximum atomic E-state index is 11.2. The van der Waals surface area contributed by atoms with E-state index >= 15 is 0 Å². The molecule has 0 radical (unpaired) electrons. The molecule has 0 aromatic rings. The summed E-state index contributed by atoms with van der Waals surface area (Å²) in [5.74, 6) is -0.792. The van der Waals surface area contributed by atoms with E-state index in [2.05, 4.69) is 0 Å². The van der Waals surface area contributed by atoms with Crippen LogP contribution in [0, 0.1) is 5.92 Å². The van der Waals surface area contributed by atoms with Crippen molar-refractivity contribution < 1.29 is 14.7 Å². The number of rotatable bonds is 3. The summed E-state index contributed by atoms with van der Waals surface area (Å²) in [6.07, 6.45) is 0.142. The minimum Gasteiger partial charge on any atom is -0.481 e. The summed E-state index contributed by atoms with van der Waals surface area (Å²) in [5.41, 5.74) is 5.39. The highest BCUT2D eigenvalue weighted by Crippen LogP contribution is 2.19. The standard InChI is InChI=1S/C8H14N2O3/c1-5(9)8(13)10-3-6(4-10)2-7(11)12/h5-6H,2-4,9H2,1H3,(H,11,12)/t5-/m0/s1. The number of carboxylic acids is 1. The number of carboxylic acid groups (broad SMARTS) is 1. The maximum absolute atomic E-state index is 11.2. The molecule has 1 amide bonds. The maximum Gasteiger partial charge on any atom is 0.303 e. The fraction of sp³-hybridized carbons (Fsp3) is 0.750. The van der Waals surface area contributed by atoms with Gasteiger partial charge in [-0.05, 0) is 6.92 Å². The zero-order chi connectivity index (χ0) is 10.0. The number of likely N-dealkylation sites (tertiary alicyclic amines) is 1. The zero-order valence-electron chi connectivity index (χ0n) is 7.56. The third-order valence-corrected chi connectivity index (χ3v) is 2.12. The van der Waals surface area contributed by atoms with E-state index in [1.54, 1.807) is 11.8 Å². The average Bonchev–Trinajstić information content (AvgIpc) is 1.94. The Hall–Kier alpha value is -1.10. The summed E-state index contributed by atoms with van der Waals surface area (Å²) in [5, 5.41) is 8.45. The highest BCUT2D eigenvalue weighted by molar-refractivity contribution is 5.82. The first-order valence-electron chi connectivity index (χ1n) is 4.27. The molecule has 3 N–H and O–H groups in total. The molecule has 5 nitrogen and oxygen atoms in total. The molecule has 74 valence electrons. The lowest BCUT2D eigenvalue weighted by Crippen LogP contribution is -2.54. The Balaban J connectivity index is 2.25. The predicted octanol–water partition coefficient (Wildman–Crippen LogP) is -0.733. The Labute approximate surface area is 76.5 Å². The molecule has 1 atom stereocenters. The molecule has 0 bridgehead atoms. The van der Waals surface area contributed by atoms with E-state index in [4.69, 9.17) is 10.8 Å². The molecular formula is C8H14N2O3. The van der Waals surface area contributed by atoms with Crippen molar-refractivity contribution in [1.82, 2.24) is 4.90 Å². The molecule has 0 aromatic carbocycles. The summed E-state index contributed by atoms with van der Waals surface area (Å²) in [6.45, 7) is 2.70. The van der Waals surface area contributed by atoms with Crippen LogP contribution in [-0.2, 0) is 9.59 Å². The van der Waals surface area contributed by atoms with E-state index in [9.17, 15) is 9.59 Å². The number of carbonyl (C=O) groups excluding carboxylic acids is 1. The number of aliphatic carboxylic acids is 1. The topological polar surface area (TPSA) is 83.6 Å². The predicted molar refractivity (Wildman–Crippen MR) is 46.0 cm³/mol. The Kier molecular flexibility index (Phi) is 2.87. The normalized spacial score (nSPS) is 19.4. The zero-order valence-corrected chi connectivity index (χ0v) is 7.56. The molecule has 1 aliphatic heterocycles. The molecule has 13 heavy (non-hydrogen) atoms. The van der Waals surface area contributed by atoms with Gasteiger partial charge in [-0.15, -0.1) is 0 Å². The van der Waals surface area contributed by atoms with E-state index < -0.39 is 12.0 Å². The molecule has 0 saturated carbocycles. The molecule has 1 rings (SSSR count). The molecule has 0 aliphatic carbocycles. The van der Waals surface area contributed by atoms with Gasteiger partial charge in [-0.1, -0.05) is 0 Å². The summed E-state index contributed by atoms with van der Waals surface area (Å²) in [7, 11) is 0. The summed E-state index contributed by atoms with van der Waals surface area (Å²) in [4.78, 5) is 23.1. The van der Waals surface area contributed by atoms with E-state index in [1.807, 2.05) is 0 Å². The second kappa shape index (κ2) is 3.74. The molecule has 1 heterocycles. The average molecular weight is 186 g/mol. The third-order valence-electron chi connectivity index (χ3n) is 2.12. The molecule has 0 unspecified atom stereocenters. The van der Waals surface area contributed by atoms with Crippen molar-refractivity contribution in [1.29, 1.82) is 0 Å². The lowest BCUT2D eigenvalue weighted by atomic mass is 9.96. The first-order chi connectivity index (χ1) is 6.00. The highest BCUT2D eigenvalue weighted by Gasteiger charge is 2.32. The molecule has 0 spiro atoms. The Morgan fingerprint density at radius 3 is 2.54 bits per heavy atom. The minimum absolute atomic E-state index is 0.0957. The summed E-state index contributed by atoms with van der Waals surface area (Å²) in [6, 6.07) is -0.481. The van der Waals surface area contributed by atoms with Crippen LogP contribution >= 0.6 is 0 Å². The van der Waals surface area contributed by atoms with Crippen LogP contribution in [0.3, 0.4) is 0 Å². The van der Waals surface area contributed by atoms with Gasteiger partial charge in [0.15, 0.2) is 0 Å². The fourth-order valence-corrected chi connectivity index (χ4v) is 1.41. The van der Waals surface area contributed by atoms with Gasteiger partial charge in [0.25, 0.3) is 0 Å². The first-order valence-corrected chi connectivity index (χ1v) is 4.27. The van der Waals surface area contributed by atoms with Crippen molar-refractivity contribution in [2.24, 2.45) is 11.7 Å². The van der Waals surface area contributed by atoms with Gasteiger partial charge in [-0.3, -0.25) is 9.59 Å². The van der Waals surface area contributed by atoms with Crippen LogP contribution in [0.25, 0.3) is 0 Å². The van der Waals surface area contributed by atoms with Crippen LogP contribution in [0.5, 0.6) is 0 Å². The second-order valence-corrected chi connectivity index (χ2v) is 3.50. The van der Waals surface area contributed by atoms with E-state index in [1.165, 1.54) is 0 Å². The summed E-state index contributed by atoms with van der Waals surface area (Å²) < 4.78 is 0. The largest absolute Gasteiger partial charge is 0.481 e. The van der Waals surface area contributed by atoms with Crippen molar-refractivity contribution in [3.8, 4) is 0 Å². The van der Waals surface area contributed by atoms with Gasteiger partial charge >= 0.3 is 5.97 Å².